The Morgan fingerprint density at radius 1 is 0.667 bits per heavy atom. The van der Waals surface area contributed by atoms with Gasteiger partial charge in [0.25, 0.3) is 11.1 Å². The van der Waals surface area contributed by atoms with Crippen LogP contribution in [0, 0.1) is 11.8 Å². The third-order valence-electron chi connectivity index (χ3n) is 11.7. The summed E-state index contributed by atoms with van der Waals surface area (Å²) in [6.07, 6.45) is 17.1. The number of halogens is 1. The minimum atomic E-state index is -0.125. The van der Waals surface area contributed by atoms with Crippen molar-refractivity contribution in [3.8, 4) is 0 Å². The van der Waals surface area contributed by atoms with Crippen molar-refractivity contribution in [1.82, 2.24) is 69.3 Å². The number of aromatic amines is 2. The van der Waals surface area contributed by atoms with Gasteiger partial charge in [0.2, 0.25) is 0 Å². The van der Waals surface area contributed by atoms with Crippen LogP contribution >= 0.6 is 11.6 Å². The fourth-order valence-corrected chi connectivity index (χ4v) is 8.57. The molecule has 0 spiro atoms. The molecule has 19 heteroatoms. The molecule has 0 bridgehead atoms. The van der Waals surface area contributed by atoms with Gasteiger partial charge in [0, 0.05) is 113 Å². The van der Waals surface area contributed by atoms with E-state index in [2.05, 4.69) is 63.9 Å². The number of nitrogens with one attached hydrogen (secondary N) is 3. The number of aromatic nitrogens is 12. The second-order valence-corrected chi connectivity index (χ2v) is 16.1. The summed E-state index contributed by atoms with van der Waals surface area (Å²) in [7, 11) is 0. The summed E-state index contributed by atoms with van der Waals surface area (Å²) in [6, 6.07) is 0. The van der Waals surface area contributed by atoms with Crippen LogP contribution in [0.15, 0.2) is 59.2 Å². The SMILES string of the molecule is C.CC1CN(Cc2cnccn2)CC1c1nn2c(C3CCOCC3)ncc2c(=O)[nH]1.CC1CNCC1c1nn2c(C3CCOCC3)ncc2c(=O)[nH]1.ClCc1cnccn1. The normalized spacial score (nSPS) is 22.5. The summed E-state index contributed by atoms with van der Waals surface area (Å²) < 4.78 is 14.4. The van der Waals surface area contributed by atoms with E-state index in [0.717, 1.165) is 120 Å². The minimum Gasteiger partial charge on any atom is -0.381 e. The van der Waals surface area contributed by atoms with Crippen LogP contribution in [-0.2, 0) is 21.9 Å². The van der Waals surface area contributed by atoms with E-state index >= 15 is 0 Å². The Morgan fingerprint density at radius 3 is 1.67 bits per heavy atom. The van der Waals surface area contributed by atoms with Crippen molar-refractivity contribution in [2.75, 3.05) is 52.6 Å². The van der Waals surface area contributed by atoms with Gasteiger partial charge in [-0.1, -0.05) is 21.3 Å². The molecule has 60 heavy (non-hydrogen) atoms. The monoisotopic (exact) mass is 842 g/mol. The number of nitrogens with zero attached hydrogens (tertiary/aromatic N) is 11. The van der Waals surface area contributed by atoms with Gasteiger partial charge in [-0.3, -0.25) is 34.4 Å². The van der Waals surface area contributed by atoms with E-state index in [-0.39, 0.29) is 36.3 Å². The molecule has 10 heterocycles. The highest BCUT2D eigenvalue weighted by Crippen LogP contribution is 2.32. The number of hydrogen-bond donors (Lipinski definition) is 3. The first kappa shape index (κ1) is 43.1. The van der Waals surface area contributed by atoms with E-state index in [1.54, 1.807) is 58.6 Å². The third kappa shape index (κ3) is 9.78. The molecule has 0 amide bonds. The van der Waals surface area contributed by atoms with Crippen molar-refractivity contribution in [2.24, 2.45) is 11.8 Å². The van der Waals surface area contributed by atoms with Crippen molar-refractivity contribution in [2.45, 2.75) is 83.1 Å². The van der Waals surface area contributed by atoms with E-state index < -0.39 is 0 Å². The molecule has 4 fully saturated rings. The molecule has 3 N–H and O–H groups in total. The zero-order valence-corrected chi connectivity index (χ0v) is 34.2. The Morgan fingerprint density at radius 2 is 1.20 bits per heavy atom. The van der Waals surface area contributed by atoms with Gasteiger partial charge in [0.15, 0.2) is 11.0 Å². The van der Waals surface area contributed by atoms with Crippen LogP contribution in [0.25, 0.3) is 11.0 Å². The maximum Gasteiger partial charge on any atom is 0.276 e. The van der Waals surface area contributed by atoms with Gasteiger partial charge in [0.1, 0.15) is 23.3 Å². The summed E-state index contributed by atoms with van der Waals surface area (Å²) in [6.45, 7) is 11.7. The lowest BCUT2D eigenvalue weighted by Crippen LogP contribution is -2.24. The summed E-state index contributed by atoms with van der Waals surface area (Å²) in [4.78, 5) is 58.6. The van der Waals surface area contributed by atoms with Gasteiger partial charge < -0.3 is 24.8 Å². The first-order valence-corrected chi connectivity index (χ1v) is 21.0. The average Bonchev–Trinajstić information content (AvgIpc) is 4.09. The third-order valence-corrected chi connectivity index (χ3v) is 12.0. The molecule has 320 valence electrons. The maximum absolute atomic E-state index is 12.7. The van der Waals surface area contributed by atoms with Crippen LogP contribution in [0.1, 0.15) is 105 Å². The molecule has 0 aromatic carbocycles. The van der Waals surface area contributed by atoms with E-state index in [9.17, 15) is 9.59 Å². The Bertz CT molecular complexity index is 2400. The van der Waals surface area contributed by atoms with Crippen LogP contribution in [0.2, 0.25) is 0 Å². The highest BCUT2D eigenvalue weighted by Gasteiger charge is 2.34. The highest BCUT2D eigenvalue weighted by atomic mass is 35.5. The smallest absolute Gasteiger partial charge is 0.276 e. The number of imidazole rings is 2. The van der Waals surface area contributed by atoms with E-state index in [1.165, 1.54) is 0 Å². The summed E-state index contributed by atoms with van der Waals surface area (Å²) in [5.41, 5.74) is 2.58. The molecule has 4 aliphatic heterocycles. The number of alkyl halides is 1. The second kappa shape index (κ2) is 20.0. The molecule has 0 aliphatic carbocycles. The highest BCUT2D eigenvalue weighted by molar-refractivity contribution is 6.16. The standard InChI is InChI=1S/C20H25N7O2.C15H21N5O2.C5H5ClN2.CH4/c1-13-10-26(11-15-8-21-4-5-22-15)12-16(13)18-24-20(28)17-9-23-19(27(17)25-18)14-2-6-29-7-3-14;1-9-6-16-7-11(9)13-18-15(21)12-8-17-14(20(12)19-13)10-2-4-22-5-3-10;6-3-5-4-7-1-2-8-5;/h4-5,8-9,13-14,16H,2-3,6-7,10-12H2,1H3,(H,24,25,28);8-11,16H,2-7H2,1H3,(H,18,19,21);1-2,4H,3H2;1H4. The molecule has 0 radical (unpaired) electrons. The number of hydrogen-bond acceptors (Lipinski definition) is 14. The number of likely N-dealkylation sites (tertiary alicyclic amines) is 1. The van der Waals surface area contributed by atoms with Gasteiger partial charge in [0.05, 0.1) is 29.7 Å². The molecule has 10 rings (SSSR count). The summed E-state index contributed by atoms with van der Waals surface area (Å²) in [5.74, 6) is 5.56. The summed E-state index contributed by atoms with van der Waals surface area (Å²) in [5, 5.41) is 12.9. The van der Waals surface area contributed by atoms with Crippen molar-refractivity contribution in [3.63, 3.8) is 0 Å². The van der Waals surface area contributed by atoms with Crippen molar-refractivity contribution in [3.05, 3.63) is 105 Å². The molecular formula is C41H55ClN14O4. The molecule has 4 atom stereocenters. The van der Waals surface area contributed by atoms with Crippen molar-refractivity contribution in [1.29, 1.82) is 0 Å². The van der Waals surface area contributed by atoms with Crippen LogP contribution in [0.3, 0.4) is 0 Å². The molecule has 0 saturated carbocycles. The average molecular weight is 843 g/mol. The number of fused-ring (bicyclic) bond motifs is 2. The topological polar surface area (TPSA) is 211 Å². The number of ether oxygens (including phenoxy) is 2. The fourth-order valence-electron chi connectivity index (χ4n) is 8.44. The van der Waals surface area contributed by atoms with Gasteiger partial charge in [-0.25, -0.2) is 19.0 Å². The van der Waals surface area contributed by atoms with E-state index in [1.807, 2.05) is 0 Å². The largest absolute Gasteiger partial charge is 0.381 e. The Labute approximate surface area is 353 Å². The first-order valence-electron chi connectivity index (χ1n) is 20.5. The van der Waals surface area contributed by atoms with Crippen molar-refractivity contribution < 1.29 is 9.47 Å². The molecule has 6 aromatic heterocycles. The Hall–Kier alpha value is -5.01. The first-order chi connectivity index (χ1) is 28.9. The molecule has 4 saturated heterocycles. The lowest BCUT2D eigenvalue weighted by Gasteiger charge is -2.21. The van der Waals surface area contributed by atoms with Gasteiger partial charge in [-0.2, -0.15) is 10.2 Å². The molecule has 4 unspecified atom stereocenters. The van der Waals surface area contributed by atoms with Gasteiger partial charge in [-0.15, -0.1) is 11.6 Å². The maximum atomic E-state index is 12.7. The molecule has 18 nitrogen and oxygen atoms in total. The zero-order chi connectivity index (χ0) is 40.7. The lowest BCUT2D eigenvalue weighted by atomic mass is 9.97. The molecule has 4 aliphatic rings. The van der Waals surface area contributed by atoms with Crippen molar-refractivity contribution >= 4 is 22.6 Å². The van der Waals surface area contributed by atoms with Crippen LogP contribution < -0.4 is 16.4 Å². The van der Waals surface area contributed by atoms with Crippen LogP contribution in [-0.4, -0.2) is 117 Å². The summed E-state index contributed by atoms with van der Waals surface area (Å²) >= 11 is 5.42. The predicted molar refractivity (Wildman–Crippen MR) is 225 cm³/mol. The van der Waals surface area contributed by atoms with E-state index in [0.29, 0.717) is 34.7 Å². The number of rotatable bonds is 7. The Balaban J connectivity index is 0.000000155. The van der Waals surface area contributed by atoms with Crippen LogP contribution in [0.5, 0.6) is 0 Å². The van der Waals surface area contributed by atoms with Gasteiger partial charge in [-0.05, 0) is 44.1 Å². The number of H-pyrrole nitrogens is 2. The lowest BCUT2D eigenvalue weighted by molar-refractivity contribution is 0.0831. The fraction of sp³-hybridized carbons (Fsp3) is 0.561. The zero-order valence-electron chi connectivity index (χ0n) is 33.4. The minimum absolute atomic E-state index is 0. The predicted octanol–water partition coefficient (Wildman–Crippen LogP) is 3.82. The molecular weight excluding hydrogens is 788 g/mol. The van der Waals surface area contributed by atoms with Crippen LogP contribution in [0.4, 0.5) is 0 Å². The van der Waals surface area contributed by atoms with Gasteiger partial charge >= 0.3 is 0 Å². The Kier molecular flexibility index (Phi) is 14.4. The quantitative estimate of drug-likeness (QED) is 0.195. The van der Waals surface area contributed by atoms with E-state index in [4.69, 9.17) is 31.3 Å². The second-order valence-electron chi connectivity index (χ2n) is 15.8. The molecule has 6 aromatic rings.